The van der Waals surface area contributed by atoms with Crippen LogP contribution in [-0.2, 0) is 12.7 Å². The Morgan fingerprint density at radius 3 is 2.39 bits per heavy atom. The maximum Gasteiger partial charge on any atom is 0.433 e. The van der Waals surface area contributed by atoms with Gasteiger partial charge in [-0.15, -0.1) is 0 Å². The summed E-state index contributed by atoms with van der Waals surface area (Å²) in [5.41, 5.74) is -1.58. The van der Waals surface area contributed by atoms with Gasteiger partial charge in [-0.1, -0.05) is 30.3 Å². The first-order valence-corrected chi connectivity index (χ1v) is 6.58. The molecule has 2 heterocycles. The Kier molecular flexibility index (Phi) is 3.51. The number of fused-ring (bicyclic) bond motifs is 1. The zero-order valence-electron chi connectivity index (χ0n) is 11.6. The van der Waals surface area contributed by atoms with Gasteiger partial charge in [0.2, 0.25) is 5.88 Å². The number of hydrogen-bond acceptors (Lipinski definition) is 4. The van der Waals surface area contributed by atoms with E-state index in [4.69, 9.17) is 0 Å². The molecule has 1 aromatic carbocycles. The quantitative estimate of drug-likeness (QED) is 0.788. The highest BCUT2D eigenvalue weighted by molar-refractivity contribution is 5.80. The molecule has 1 N–H and O–H groups in total. The second kappa shape index (κ2) is 5.38. The van der Waals surface area contributed by atoms with Crippen LogP contribution >= 0.6 is 0 Å². The first kappa shape index (κ1) is 15.0. The average molecular weight is 321 g/mol. The molecule has 23 heavy (non-hydrogen) atoms. The highest BCUT2D eigenvalue weighted by Crippen LogP contribution is 2.30. The molecule has 2 aromatic heterocycles. The predicted molar refractivity (Wildman–Crippen MR) is 76.0 cm³/mol. The van der Waals surface area contributed by atoms with E-state index in [0.29, 0.717) is 5.56 Å². The molecule has 0 radical (unpaired) electrons. The normalized spacial score (nSPS) is 11.8. The molecule has 3 rings (SSSR count). The molecule has 8 heteroatoms. The van der Waals surface area contributed by atoms with Crippen molar-refractivity contribution in [1.29, 1.82) is 0 Å². The molecule has 0 fully saturated rings. The van der Waals surface area contributed by atoms with Gasteiger partial charge in [0.1, 0.15) is 11.3 Å². The Morgan fingerprint density at radius 1 is 1.04 bits per heavy atom. The van der Waals surface area contributed by atoms with Gasteiger partial charge in [-0.25, -0.2) is 9.78 Å². The van der Waals surface area contributed by atoms with Gasteiger partial charge in [0.25, 0.3) is 0 Å². The van der Waals surface area contributed by atoms with Crippen molar-refractivity contribution in [3.05, 3.63) is 64.2 Å². The van der Waals surface area contributed by atoms with E-state index in [1.165, 1.54) is 0 Å². The number of pyridine rings is 1. The molecule has 0 amide bonds. The van der Waals surface area contributed by atoms with E-state index < -0.39 is 23.4 Å². The smallest absolute Gasteiger partial charge is 0.433 e. The molecule has 5 nitrogen and oxygen atoms in total. The lowest BCUT2D eigenvalue weighted by Gasteiger charge is -2.12. The summed E-state index contributed by atoms with van der Waals surface area (Å²) in [5.74, 6) is -0.643. The SMILES string of the molecule is O=c1nc(O)c2ccc(C(F)(F)F)nc2n1Cc1ccccc1. The fourth-order valence-electron chi connectivity index (χ4n) is 2.20. The van der Waals surface area contributed by atoms with E-state index in [1.807, 2.05) is 0 Å². The van der Waals surface area contributed by atoms with Crippen LogP contribution in [0.5, 0.6) is 5.88 Å². The minimum absolute atomic E-state index is 0.00222. The number of halogens is 3. The number of alkyl halides is 3. The Morgan fingerprint density at radius 2 is 1.74 bits per heavy atom. The fourth-order valence-corrected chi connectivity index (χ4v) is 2.20. The molecule has 0 unspecified atom stereocenters. The lowest BCUT2D eigenvalue weighted by molar-refractivity contribution is -0.141. The van der Waals surface area contributed by atoms with E-state index in [-0.39, 0.29) is 17.6 Å². The summed E-state index contributed by atoms with van der Waals surface area (Å²) in [7, 11) is 0. The summed E-state index contributed by atoms with van der Waals surface area (Å²) < 4.78 is 39.5. The van der Waals surface area contributed by atoms with Gasteiger partial charge >= 0.3 is 11.9 Å². The predicted octanol–water partition coefficient (Wildman–Crippen LogP) is 2.56. The second-order valence-electron chi connectivity index (χ2n) is 4.86. The van der Waals surface area contributed by atoms with E-state index in [9.17, 15) is 23.1 Å². The van der Waals surface area contributed by atoms with E-state index in [0.717, 1.165) is 16.7 Å². The third-order valence-electron chi connectivity index (χ3n) is 3.28. The summed E-state index contributed by atoms with van der Waals surface area (Å²) in [6.45, 7) is -0.00222. The molecular formula is C15H10F3N3O2. The molecule has 0 bridgehead atoms. The fraction of sp³-hybridized carbons (Fsp3) is 0.133. The van der Waals surface area contributed by atoms with Crippen LogP contribution in [0.1, 0.15) is 11.3 Å². The standard InChI is InChI=1S/C15H10F3N3O2/c16-15(17,18)11-7-6-10-12(19-11)21(14(23)20-13(10)22)8-9-4-2-1-3-5-9/h1-7H,8H2,(H,20,22,23). The van der Waals surface area contributed by atoms with E-state index in [2.05, 4.69) is 9.97 Å². The molecule has 0 saturated heterocycles. The van der Waals surface area contributed by atoms with Crippen molar-refractivity contribution in [3.8, 4) is 5.88 Å². The van der Waals surface area contributed by atoms with Gasteiger partial charge in [-0.05, 0) is 17.7 Å². The third kappa shape index (κ3) is 2.87. The molecule has 0 aliphatic carbocycles. The topological polar surface area (TPSA) is 68.0 Å². The number of rotatable bonds is 2. The van der Waals surface area contributed by atoms with Crippen molar-refractivity contribution in [2.45, 2.75) is 12.7 Å². The highest BCUT2D eigenvalue weighted by Gasteiger charge is 2.33. The Balaban J connectivity index is 2.25. The van der Waals surface area contributed by atoms with Crippen LogP contribution in [0.3, 0.4) is 0 Å². The van der Waals surface area contributed by atoms with Gasteiger partial charge < -0.3 is 5.11 Å². The van der Waals surface area contributed by atoms with Crippen LogP contribution in [0.15, 0.2) is 47.3 Å². The van der Waals surface area contributed by atoms with Crippen LogP contribution in [0, 0.1) is 0 Å². The van der Waals surface area contributed by atoms with Crippen LogP contribution in [0.2, 0.25) is 0 Å². The highest BCUT2D eigenvalue weighted by atomic mass is 19.4. The molecule has 118 valence electrons. The first-order valence-electron chi connectivity index (χ1n) is 6.58. The van der Waals surface area contributed by atoms with Gasteiger partial charge in [0.05, 0.1) is 11.9 Å². The summed E-state index contributed by atoms with van der Waals surface area (Å²) >= 11 is 0. The second-order valence-corrected chi connectivity index (χ2v) is 4.86. The molecule has 0 saturated carbocycles. The molecule has 3 aromatic rings. The van der Waals surface area contributed by atoms with Gasteiger partial charge in [-0.3, -0.25) is 4.57 Å². The Bertz CT molecular complexity index is 921. The van der Waals surface area contributed by atoms with Crippen LogP contribution in [0.4, 0.5) is 13.2 Å². The average Bonchev–Trinajstić information content (AvgIpc) is 2.51. The molecule has 0 atom stereocenters. The minimum atomic E-state index is -4.65. The molecule has 0 aliphatic rings. The molecule has 0 spiro atoms. The maximum atomic E-state index is 12.8. The largest absolute Gasteiger partial charge is 0.493 e. The number of hydrogen-bond donors (Lipinski definition) is 1. The van der Waals surface area contributed by atoms with E-state index in [1.54, 1.807) is 30.3 Å². The maximum absolute atomic E-state index is 12.8. The summed E-state index contributed by atoms with van der Waals surface area (Å²) in [6, 6.07) is 10.5. The van der Waals surface area contributed by atoms with Crippen molar-refractivity contribution in [2.24, 2.45) is 0 Å². The lowest BCUT2D eigenvalue weighted by Crippen LogP contribution is -2.25. The Labute approximate surface area is 127 Å². The van der Waals surface area contributed by atoms with Crippen molar-refractivity contribution in [1.82, 2.24) is 14.5 Å². The minimum Gasteiger partial charge on any atom is -0.493 e. The number of aromatic hydroxyl groups is 1. The third-order valence-corrected chi connectivity index (χ3v) is 3.28. The number of aromatic nitrogens is 3. The lowest BCUT2D eigenvalue weighted by atomic mass is 10.2. The number of nitrogens with zero attached hydrogens (tertiary/aromatic N) is 3. The van der Waals surface area contributed by atoms with Gasteiger partial charge in [-0.2, -0.15) is 18.2 Å². The monoisotopic (exact) mass is 321 g/mol. The zero-order valence-corrected chi connectivity index (χ0v) is 11.6. The van der Waals surface area contributed by atoms with Crippen molar-refractivity contribution < 1.29 is 18.3 Å². The van der Waals surface area contributed by atoms with Crippen LogP contribution in [-0.4, -0.2) is 19.6 Å². The summed E-state index contributed by atoms with van der Waals surface area (Å²) in [6.07, 6.45) is -4.65. The molecule has 0 aliphatic heterocycles. The van der Waals surface area contributed by atoms with Crippen LogP contribution in [0.25, 0.3) is 11.0 Å². The summed E-state index contributed by atoms with van der Waals surface area (Å²) in [5, 5.41) is 9.67. The van der Waals surface area contributed by atoms with Crippen molar-refractivity contribution in [2.75, 3.05) is 0 Å². The van der Waals surface area contributed by atoms with Gasteiger partial charge in [0, 0.05) is 0 Å². The number of benzene rings is 1. The van der Waals surface area contributed by atoms with Crippen molar-refractivity contribution >= 4 is 11.0 Å². The zero-order chi connectivity index (χ0) is 16.6. The van der Waals surface area contributed by atoms with Gasteiger partial charge in [0.15, 0.2) is 0 Å². The molecular weight excluding hydrogens is 311 g/mol. The summed E-state index contributed by atoms with van der Waals surface area (Å²) in [4.78, 5) is 18.9. The Hall–Kier alpha value is -2.90. The first-order chi connectivity index (χ1) is 10.9. The van der Waals surface area contributed by atoms with Crippen molar-refractivity contribution in [3.63, 3.8) is 0 Å². The van der Waals surface area contributed by atoms with E-state index >= 15 is 0 Å². The van der Waals surface area contributed by atoms with Crippen LogP contribution < -0.4 is 5.69 Å².